The summed E-state index contributed by atoms with van der Waals surface area (Å²) in [6.07, 6.45) is 0. The highest BCUT2D eigenvalue weighted by Crippen LogP contribution is 2.37. The van der Waals surface area contributed by atoms with Crippen LogP contribution in [0, 0.1) is 6.92 Å². The summed E-state index contributed by atoms with van der Waals surface area (Å²) in [6, 6.07) is 2.60. The van der Waals surface area contributed by atoms with Crippen molar-refractivity contribution >= 4 is 29.1 Å². The zero-order valence-electron chi connectivity index (χ0n) is 15.5. The lowest BCUT2D eigenvalue weighted by Gasteiger charge is -2.22. The lowest BCUT2D eigenvalue weighted by Crippen LogP contribution is -2.25. The summed E-state index contributed by atoms with van der Waals surface area (Å²) in [5.74, 6) is -3.77. The van der Waals surface area contributed by atoms with Crippen LogP contribution in [-0.4, -0.2) is 42.8 Å². The first-order chi connectivity index (χ1) is 12.6. The molecule has 0 unspecified atom stereocenters. The summed E-state index contributed by atoms with van der Waals surface area (Å²) in [5.41, 5.74) is 0.395. The van der Waals surface area contributed by atoms with Crippen LogP contribution in [0.2, 0.25) is 0 Å². The van der Waals surface area contributed by atoms with Crippen LogP contribution >= 0.6 is 0 Å². The van der Waals surface area contributed by atoms with E-state index >= 15 is 0 Å². The lowest BCUT2D eigenvalue weighted by atomic mass is 9.85. The van der Waals surface area contributed by atoms with Gasteiger partial charge in [0.15, 0.2) is 0 Å². The van der Waals surface area contributed by atoms with Gasteiger partial charge in [-0.1, -0.05) is 6.07 Å². The Bertz CT molecular complexity index is 933. The van der Waals surface area contributed by atoms with Gasteiger partial charge in [0.2, 0.25) is 23.1 Å². The Morgan fingerprint density at radius 2 is 1.52 bits per heavy atom. The summed E-state index contributed by atoms with van der Waals surface area (Å²) in [5, 5.41) is 9.33. The molecule has 1 aliphatic rings. The molecule has 0 amide bonds. The van der Waals surface area contributed by atoms with E-state index in [1.165, 1.54) is 40.2 Å². The number of benzene rings is 1. The van der Waals surface area contributed by atoms with E-state index in [0.29, 0.717) is 0 Å². The van der Waals surface area contributed by atoms with Gasteiger partial charge in [-0.15, -0.1) is 0 Å². The van der Waals surface area contributed by atoms with Crippen molar-refractivity contribution in [1.82, 2.24) is 0 Å². The minimum absolute atomic E-state index is 0.0282. The summed E-state index contributed by atoms with van der Waals surface area (Å²) in [4.78, 5) is 48.3. The van der Waals surface area contributed by atoms with E-state index in [2.05, 4.69) is 0 Å². The second-order valence-electron chi connectivity index (χ2n) is 5.74. The number of ketones is 2. The number of allylic oxidation sites excluding steroid dienone is 2. The van der Waals surface area contributed by atoms with Crippen LogP contribution in [0.4, 0.5) is 0 Å². The molecule has 8 heteroatoms. The average molecular weight is 374 g/mol. The predicted octanol–water partition coefficient (Wildman–Crippen LogP) is 2.05. The zero-order chi connectivity index (χ0) is 20.5. The number of methoxy groups -OCH3 is 2. The van der Waals surface area contributed by atoms with E-state index in [0.717, 1.165) is 6.92 Å². The van der Waals surface area contributed by atoms with Crippen molar-refractivity contribution in [3.63, 3.8) is 0 Å². The van der Waals surface area contributed by atoms with Crippen molar-refractivity contribution in [3.05, 3.63) is 45.9 Å². The van der Waals surface area contributed by atoms with Gasteiger partial charge in [0.05, 0.1) is 14.2 Å². The summed E-state index contributed by atoms with van der Waals surface area (Å²) >= 11 is 0. The second-order valence-corrected chi connectivity index (χ2v) is 5.74. The molecule has 1 aromatic carbocycles. The molecule has 0 radical (unpaired) electrons. The third kappa shape index (κ3) is 3.33. The van der Waals surface area contributed by atoms with E-state index < -0.39 is 23.5 Å². The largest absolute Gasteiger partial charge is 0.489 e. The van der Waals surface area contributed by atoms with E-state index in [9.17, 15) is 24.3 Å². The highest BCUT2D eigenvalue weighted by atomic mass is 16.5. The molecule has 27 heavy (non-hydrogen) atoms. The Balaban J connectivity index is 2.76. The number of ether oxygens (including phenoxy) is 3. The Hall–Kier alpha value is -3.42. The van der Waals surface area contributed by atoms with E-state index in [4.69, 9.17) is 14.2 Å². The molecule has 0 aromatic heterocycles. The van der Waals surface area contributed by atoms with E-state index in [1.54, 1.807) is 0 Å². The molecular formula is C19H18O8. The van der Waals surface area contributed by atoms with Gasteiger partial charge in [-0.2, -0.15) is 0 Å². The van der Waals surface area contributed by atoms with Crippen molar-refractivity contribution < 1.29 is 38.5 Å². The van der Waals surface area contributed by atoms with Gasteiger partial charge in [0.1, 0.15) is 11.3 Å². The molecule has 0 fully saturated rings. The molecule has 0 bridgehead atoms. The van der Waals surface area contributed by atoms with E-state index in [-0.39, 0.29) is 45.1 Å². The Morgan fingerprint density at radius 1 is 0.963 bits per heavy atom. The maximum absolute atomic E-state index is 12.9. The molecule has 2 rings (SSSR count). The fourth-order valence-corrected chi connectivity index (χ4v) is 2.88. The normalized spacial score (nSPS) is 14.4. The van der Waals surface area contributed by atoms with Crippen LogP contribution in [0.1, 0.15) is 35.3 Å². The number of rotatable bonds is 5. The van der Waals surface area contributed by atoms with Crippen LogP contribution in [0.5, 0.6) is 5.75 Å². The quantitative estimate of drug-likeness (QED) is 0.473. The standard InChI is InChI=1S/C19H18O8/c1-8-11(6-7-12(19(23)24)16(8)27-10(3)20)13-9(2)14(21)17(25-4)18(26-5)15(13)22/h6-7H,1-5H3,(H,23,24). The highest BCUT2D eigenvalue weighted by molar-refractivity contribution is 6.38. The Labute approximate surface area is 155 Å². The number of carboxylic acid groups (broad SMARTS) is 1. The molecule has 1 aromatic rings. The lowest BCUT2D eigenvalue weighted by molar-refractivity contribution is -0.132. The highest BCUT2D eigenvalue weighted by Gasteiger charge is 2.36. The molecule has 0 saturated heterocycles. The fourth-order valence-electron chi connectivity index (χ4n) is 2.88. The van der Waals surface area contributed by atoms with Gasteiger partial charge in [-0.05, 0) is 25.5 Å². The van der Waals surface area contributed by atoms with Crippen molar-refractivity contribution in [3.8, 4) is 5.75 Å². The number of hydrogen-bond donors (Lipinski definition) is 1. The molecule has 142 valence electrons. The average Bonchev–Trinajstić information content (AvgIpc) is 2.60. The first kappa shape index (κ1) is 19.9. The molecule has 0 spiro atoms. The molecule has 8 nitrogen and oxygen atoms in total. The monoisotopic (exact) mass is 374 g/mol. The molecule has 0 saturated carbocycles. The zero-order valence-corrected chi connectivity index (χ0v) is 15.5. The number of aromatic carboxylic acids is 1. The van der Waals surface area contributed by atoms with E-state index in [1.807, 2.05) is 0 Å². The van der Waals surface area contributed by atoms with Gasteiger partial charge in [-0.25, -0.2) is 4.79 Å². The number of carboxylic acids is 1. The minimum Gasteiger partial charge on any atom is -0.489 e. The maximum Gasteiger partial charge on any atom is 0.339 e. The number of Topliss-reactive ketones (excluding diaryl/α,β-unsaturated/α-hetero) is 2. The van der Waals surface area contributed by atoms with Gasteiger partial charge in [-0.3, -0.25) is 14.4 Å². The van der Waals surface area contributed by atoms with Crippen LogP contribution in [0.25, 0.3) is 5.57 Å². The third-order valence-corrected chi connectivity index (χ3v) is 4.12. The van der Waals surface area contributed by atoms with Gasteiger partial charge in [0, 0.05) is 23.6 Å². The Kier molecular flexibility index (Phi) is 5.49. The van der Waals surface area contributed by atoms with Crippen LogP contribution in [0.3, 0.4) is 0 Å². The van der Waals surface area contributed by atoms with Gasteiger partial charge in [0.25, 0.3) is 0 Å². The summed E-state index contributed by atoms with van der Waals surface area (Å²) < 4.78 is 15.1. The van der Waals surface area contributed by atoms with Crippen LogP contribution in [-0.2, 0) is 23.9 Å². The Morgan fingerprint density at radius 3 is 2.00 bits per heavy atom. The number of carbonyl (C=O) groups excluding carboxylic acids is 3. The molecule has 0 heterocycles. The van der Waals surface area contributed by atoms with Crippen molar-refractivity contribution in [2.45, 2.75) is 20.8 Å². The van der Waals surface area contributed by atoms with Gasteiger partial charge < -0.3 is 19.3 Å². The second kappa shape index (κ2) is 7.45. The summed E-state index contributed by atoms with van der Waals surface area (Å²) in [7, 11) is 2.49. The first-order valence-electron chi connectivity index (χ1n) is 7.83. The van der Waals surface area contributed by atoms with Crippen LogP contribution < -0.4 is 4.74 Å². The summed E-state index contributed by atoms with van der Waals surface area (Å²) in [6.45, 7) is 4.09. The van der Waals surface area contributed by atoms with Gasteiger partial charge >= 0.3 is 11.9 Å². The molecular weight excluding hydrogens is 356 g/mol. The number of carbonyl (C=O) groups is 4. The third-order valence-electron chi connectivity index (χ3n) is 4.12. The van der Waals surface area contributed by atoms with Crippen molar-refractivity contribution in [1.29, 1.82) is 0 Å². The first-order valence-corrected chi connectivity index (χ1v) is 7.83. The molecule has 1 aliphatic carbocycles. The number of esters is 1. The molecule has 0 atom stereocenters. The maximum atomic E-state index is 12.9. The molecule has 0 aliphatic heterocycles. The molecule has 1 N–H and O–H groups in total. The van der Waals surface area contributed by atoms with Crippen molar-refractivity contribution in [2.75, 3.05) is 14.2 Å². The fraction of sp³-hybridized carbons (Fsp3) is 0.263. The smallest absolute Gasteiger partial charge is 0.339 e. The minimum atomic E-state index is -1.29. The SMILES string of the molecule is COC1=C(OC)C(=O)C(c2ccc(C(=O)O)c(OC(C)=O)c2C)=C(C)C1=O. The number of hydrogen-bond acceptors (Lipinski definition) is 7. The predicted molar refractivity (Wildman–Crippen MR) is 93.1 cm³/mol. The van der Waals surface area contributed by atoms with Crippen LogP contribution in [0.15, 0.2) is 29.2 Å². The van der Waals surface area contributed by atoms with Crippen molar-refractivity contribution in [2.24, 2.45) is 0 Å². The topological polar surface area (TPSA) is 116 Å².